The predicted octanol–water partition coefficient (Wildman–Crippen LogP) is 0.723. The molecule has 0 spiro atoms. The normalized spacial score (nSPS) is 16.2. The van der Waals surface area contributed by atoms with E-state index in [0.717, 1.165) is 0 Å². The monoisotopic (exact) mass is 165 g/mol. The van der Waals surface area contributed by atoms with Gasteiger partial charge >= 0.3 is 11.7 Å². The number of hydrogen-bond donors (Lipinski definition) is 0. The fourth-order valence-electron chi connectivity index (χ4n) is 0.0727. The van der Waals surface area contributed by atoms with Crippen molar-refractivity contribution in [2.75, 3.05) is 0 Å². The van der Waals surface area contributed by atoms with Crippen molar-refractivity contribution in [1.82, 2.24) is 0 Å². The van der Waals surface area contributed by atoms with Crippen molar-refractivity contribution in [2.45, 2.75) is 11.7 Å². The molecule has 0 bridgehead atoms. The van der Waals surface area contributed by atoms with Crippen molar-refractivity contribution in [2.24, 2.45) is 0 Å². The fourth-order valence-corrected chi connectivity index (χ4v) is 0.218. The number of alkyl halides is 4. The minimum Gasteiger partial charge on any atom is -0.768 e. The average molecular weight is 165 g/mol. The van der Waals surface area contributed by atoms with Crippen LogP contribution in [0.15, 0.2) is 0 Å². The molecule has 0 radical (unpaired) electrons. The van der Waals surface area contributed by atoms with Gasteiger partial charge in [0.15, 0.2) is 0 Å². The largest absolute Gasteiger partial charge is 0.768 e. The average Bonchev–Trinajstić information content (AvgIpc) is 1.65. The summed E-state index contributed by atoms with van der Waals surface area (Å²) >= 11 is -4.04. The van der Waals surface area contributed by atoms with Crippen LogP contribution < -0.4 is 0 Å². The topological polar surface area (TPSA) is 40.1 Å². The molecule has 0 N–H and O–H groups in total. The lowest BCUT2D eigenvalue weighted by molar-refractivity contribution is -0.0647. The van der Waals surface area contributed by atoms with Gasteiger partial charge in [0.2, 0.25) is 0 Å². The lowest BCUT2D eigenvalue weighted by atomic mass is 10.7. The predicted molar refractivity (Wildman–Crippen MR) is 19.9 cm³/mol. The molecule has 0 aliphatic rings. The second-order valence-corrected chi connectivity index (χ2v) is 2.11. The first-order chi connectivity index (χ1) is 3.89. The molecule has 0 fully saturated rings. The molecule has 0 aromatic rings. The van der Waals surface area contributed by atoms with E-state index in [1.54, 1.807) is 0 Å². The minimum atomic E-state index is -4.92. The first kappa shape index (κ1) is 8.83. The maximum Gasteiger partial charge on any atom is 0.368 e. The Kier molecular flexibility index (Phi) is 2.56. The van der Waals surface area contributed by atoms with E-state index in [9.17, 15) is 26.3 Å². The highest BCUT2D eigenvalue weighted by Crippen LogP contribution is 2.24. The summed E-state index contributed by atoms with van der Waals surface area (Å²) in [6.07, 6.45) is -4.16. The van der Waals surface area contributed by atoms with E-state index < -0.39 is 22.8 Å². The summed E-state index contributed by atoms with van der Waals surface area (Å²) in [5, 5.41) is -4.92. The molecule has 0 rings (SSSR count). The highest BCUT2D eigenvalue weighted by molar-refractivity contribution is 7.80. The van der Waals surface area contributed by atoms with Gasteiger partial charge in [-0.25, -0.2) is 8.78 Å². The van der Waals surface area contributed by atoms with Crippen molar-refractivity contribution >= 4 is 11.1 Å². The van der Waals surface area contributed by atoms with Gasteiger partial charge in [-0.15, -0.1) is 0 Å². The van der Waals surface area contributed by atoms with Gasteiger partial charge in [0, 0.05) is 11.1 Å². The molecular weight excluding hydrogens is 164 g/mol. The van der Waals surface area contributed by atoms with Crippen molar-refractivity contribution in [3.05, 3.63) is 0 Å². The van der Waals surface area contributed by atoms with Gasteiger partial charge in [-0.05, 0) is 0 Å². The smallest absolute Gasteiger partial charge is 0.368 e. The van der Waals surface area contributed by atoms with E-state index in [1.165, 1.54) is 0 Å². The molecule has 0 aromatic carbocycles. The molecule has 0 saturated carbocycles. The zero-order valence-electron chi connectivity index (χ0n) is 3.81. The summed E-state index contributed by atoms with van der Waals surface area (Å²) < 4.78 is 62.9. The number of rotatable bonds is 2. The van der Waals surface area contributed by atoms with Crippen LogP contribution in [0, 0.1) is 0 Å². The first-order valence-corrected chi connectivity index (χ1v) is 2.72. The standard InChI is InChI=1S/C2H2F4O2S/c3-1(4)2(5,6)9(7)8/h1H,(H,7,8)/p-1. The molecule has 2 nitrogen and oxygen atoms in total. The summed E-state index contributed by atoms with van der Waals surface area (Å²) in [4.78, 5) is 0. The Hall–Kier alpha value is -0.170. The maximum absolute atomic E-state index is 11.3. The Bertz CT molecular complexity index is 124. The summed E-state index contributed by atoms with van der Waals surface area (Å²) in [7, 11) is 0. The second-order valence-electron chi connectivity index (χ2n) is 1.10. The lowest BCUT2D eigenvalue weighted by Gasteiger charge is -2.16. The quantitative estimate of drug-likeness (QED) is 0.446. The van der Waals surface area contributed by atoms with Crippen LogP contribution in [0.1, 0.15) is 0 Å². The van der Waals surface area contributed by atoms with E-state index in [4.69, 9.17) is 0 Å². The van der Waals surface area contributed by atoms with E-state index in [0.29, 0.717) is 0 Å². The van der Waals surface area contributed by atoms with Crippen molar-refractivity contribution < 1.29 is 26.3 Å². The van der Waals surface area contributed by atoms with Gasteiger partial charge in [-0.2, -0.15) is 8.78 Å². The zero-order chi connectivity index (χ0) is 7.65. The Morgan fingerprint density at radius 3 is 1.78 bits per heavy atom. The van der Waals surface area contributed by atoms with Crippen LogP contribution in [-0.4, -0.2) is 20.4 Å². The van der Waals surface area contributed by atoms with Crippen LogP contribution in [0.2, 0.25) is 0 Å². The Morgan fingerprint density at radius 1 is 1.44 bits per heavy atom. The van der Waals surface area contributed by atoms with Gasteiger partial charge in [0.1, 0.15) is 0 Å². The van der Waals surface area contributed by atoms with Crippen LogP contribution in [0.5, 0.6) is 0 Å². The molecule has 0 heterocycles. The van der Waals surface area contributed by atoms with Gasteiger partial charge in [-0.3, -0.25) is 4.21 Å². The third kappa shape index (κ3) is 1.90. The molecule has 0 amide bonds. The SMILES string of the molecule is O=S([O-])C(F)(F)C(F)F. The highest BCUT2D eigenvalue weighted by Gasteiger charge is 2.42. The van der Waals surface area contributed by atoms with E-state index in [2.05, 4.69) is 0 Å². The number of halogens is 4. The van der Waals surface area contributed by atoms with Gasteiger partial charge in [0.25, 0.3) is 0 Å². The summed E-state index contributed by atoms with van der Waals surface area (Å²) in [5.41, 5.74) is 0. The first-order valence-electron chi connectivity index (χ1n) is 1.64. The summed E-state index contributed by atoms with van der Waals surface area (Å²) in [5.74, 6) is 0. The second kappa shape index (κ2) is 2.61. The van der Waals surface area contributed by atoms with Gasteiger partial charge < -0.3 is 4.55 Å². The molecule has 9 heavy (non-hydrogen) atoms. The number of hydrogen-bond acceptors (Lipinski definition) is 2. The van der Waals surface area contributed by atoms with Crippen LogP contribution in [-0.2, 0) is 11.1 Å². The molecular formula is C2HF4O2S-. The molecule has 1 atom stereocenters. The summed E-state index contributed by atoms with van der Waals surface area (Å²) in [6.45, 7) is 0. The van der Waals surface area contributed by atoms with Crippen molar-refractivity contribution in [1.29, 1.82) is 0 Å². The molecule has 0 aliphatic carbocycles. The van der Waals surface area contributed by atoms with Crippen molar-refractivity contribution in [3.63, 3.8) is 0 Å². The van der Waals surface area contributed by atoms with E-state index in [-0.39, 0.29) is 0 Å². The third-order valence-corrected chi connectivity index (χ3v) is 1.10. The van der Waals surface area contributed by atoms with Gasteiger partial charge in [-0.1, -0.05) is 0 Å². The van der Waals surface area contributed by atoms with Crippen LogP contribution in [0.25, 0.3) is 0 Å². The summed E-state index contributed by atoms with van der Waals surface area (Å²) in [6, 6.07) is 0. The van der Waals surface area contributed by atoms with Crippen LogP contribution in [0.3, 0.4) is 0 Å². The maximum atomic E-state index is 11.3. The third-order valence-electron chi connectivity index (χ3n) is 0.476. The Labute approximate surface area is 50.1 Å². The molecule has 56 valence electrons. The van der Waals surface area contributed by atoms with Gasteiger partial charge in [0.05, 0.1) is 0 Å². The Balaban J connectivity index is 4.19. The molecule has 1 unspecified atom stereocenters. The minimum absolute atomic E-state index is 4.04. The van der Waals surface area contributed by atoms with Crippen LogP contribution in [0.4, 0.5) is 17.6 Å². The Morgan fingerprint density at radius 2 is 1.78 bits per heavy atom. The lowest BCUT2D eigenvalue weighted by Crippen LogP contribution is -2.31. The molecule has 0 aliphatic heterocycles. The molecule has 0 saturated heterocycles. The van der Waals surface area contributed by atoms with E-state index in [1.807, 2.05) is 0 Å². The molecule has 0 aromatic heterocycles. The highest BCUT2D eigenvalue weighted by atomic mass is 32.2. The zero-order valence-corrected chi connectivity index (χ0v) is 4.63. The molecule has 7 heteroatoms. The van der Waals surface area contributed by atoms with Crippen molar-refractivity contribution in [3.8, 4) is 0 Å². The van der Waals surface area contributed by atoms with E-state index >= 15 is 0 Å². The fraction of sp³-hybridized carbons (Fsp3) is 1.00. The van der Waals surface area contributed by atoms with Crippen LogP contribution >= 0.6 is 0 Å².